The third-order valence-electron chi connectivity index (χ3n) is 5.64. The van der Waals surface area contributed by atoms with Crippen molar-refractivity contribution in [2.45, 2.75) is 24.7 Å². The molecule has 1 aromatic heterocycles. The molecule has 0 N–H and O–H groups in total. The molecule has 2 aromatic rings. The van der Waals surface area contributed by atoms with Gasteiger partial charge in [-0.2, -0.15) is 0 Å². The Kier molecular flexibility index (Phi) is 7.76. The van der Waals surface area contributed by atoms with E-state index in [1.807, 2.05) is 0 Å². The number of rotatable bonds is 10. The Labute approximate surface area is 192 Å². The van der Waals surface area contributed by atoms with Crippen LogP contribution in [0, 0.1) is 0 Å². The van der Waals surface area contributed by atoms with Crippen LogP contribution in [0.15, 0.2) is 54.9 Å². The second-order valence-corrected chi connectivity index (χ2v) is 7.87. The number of carbonyl (C=O) groups excluding carboxylic acids is 4. The topological polar surface area (TPSA) is 106 Å². The molecule has 33 heavy (non-hydrogen) atoms. The number of benzene rings is 1. The van der Waals surface area contributed by atoms with Crippen molar-refractivity contribution in [2.24, 2.45) is 0 Å². The summed E-state index contributed by atoms with van der Waals surface area (Å²) in [5.74, 6) is -1.14. The van der Waals surface area contributed by atoms with E-state index >= 15 is 0 Å². The molecule has 2 heterocycles. The predicted molar refractivity (Wildman–Crippen MR) is 118 cm³/mol. The molecule has 0 radical (unpaired) electrons. The van der Waals surface area contributed by atoms with Crippen LogP contribution < -0.4 is 4.74 Å². The van der Waals surface area contributed by atoms with Gasteiger partial charge in [0.15, 0.2) is 0 Å². The van der Waals surface area contributed by atoms with Crippen molar-refractivity contribution in [2.75, 3.05) is 33.9 Å². The maximum absolute atomic E-state index is 13.5. The van der Waals surface area contributed by atoms with Crippen molar-refractivity contribution in [3.8, 4) is 5.75 Å². The van der Waals surface area contributed by atoms with E-state index in [-0.39, 0.29) is 31.8 Å². The molecule has 1 atom stereocenters. The number of nitrogens with zero attached hydrogens (tertiary/aromatic N) is 3. The number of imide groups is 1. The van der Waals surface area contributed by atoms with Gasteiger partial charge in [0.1, 0.15) is 12.3 Å². The number of amides is 3. The first-order valence-electron chi connectivity index (χ1n) is 10.6. The average Bonchev–Trinajstić information content (AvgIpc) is 3.07. The zero-order valence-electron chi connectivity index (χ0n) is 18.7. The lowest BCUT2D eigenvalue weighted by Crippen LogP contribution is -2.44. The summed E-state index contributed by atoms with van der Waals surface area (Å²) in [4.78, 5) is 57.3. The van der Waals surface area contributed by atoms with E-state index in [0.717, 1.165) is 0 Å². The van der Waals surface area contributed by atoms with Gasteiger partial charge < -0.3 is 14.4 Å². The van der Waals surface area contributed by atoms with Gasteiger partial charge in [-0.25, -0.2) is 0 Å². The highest BCUT2D eigenvalue weighted by Gasteiger charge is 2.53. The lowest BCUT2D eigenvalue weighted by Gasteiger charge is -2.29. The number of likely N-dealkylation sites (tertiary alicyclic amines) is 1. The first-order valence-corrected chi connectivity index (χ1v) is 10.6. The molecule has 3 amide bonds. The van der Waals surface area contributed by atoms with Crippen LogP contribution in [0.4, 0.5) is 0 Å². The van der Waals surface area contributed by atoms with Gasteiger partial charge in [-0.3, -0.25) is 29.1 Å². The van der Waals surface area contributed by atoms with E-state index in [1.165, 1.54) is 24.0 Å². The van der Waals surface area contributed by atoms with E-state index in [9.17, 15) is 19.2 Å². The highest BCUT2D eigenvalue weighted by atomic mass is 16.5. The number of esters is 1. The molecule has 9 nitrogen and oxygen atoms in total. The summed E-state index contributed by atoms with van der Waals surface area (Å²) >= 11 is 0. The average molecular weight is 453 g/mol. The first kappa shape index (κ1) is 23.9. The van der Waals surface area contributed by atoms with Crippen molar-refractivity contribution in [3.63, 3.8) is 0 Å². The number of carbonyl (C=O) groups is 4. The normalized spacial score (nSPS) is 17.7. The Hall–Kier alpha value is -3.75. The SMILES string of the molecule is COC(=O)CN(C)C(=O)C[C@@]1(c2ccccc2)CC(=O)N(CCCOc2cccnc2)C1=O. The van der Waals surface area contributed by atoms with Crippen LogP contribution in [0.5, 0.6) is 5.75 Å². The third kappa shape index (κ3) is 5.54. The predicted octanol–water partition coefficient (Wildman–Crippen LogP) is 1.57. The molecule has 0 aliphatic carbocycles. The van der Waals surface area contributed by atoms with Crippen molar-refractivity contribution in [1.29, 1.82) is 0 Å². The van der Waals surface area contributed by atoms with Gasteiger partial charge in [0, 0.05) is 32.6 Å². The van der Waals surface area contributed by atoms with Gasteiger partial charge >= 0.3 is 5.97 Å². The van der Waals surface area contributed by atoms with Crippen LogP contribution in [0.1, 0.15) is 24.8 Å². The summed E-state index contributed by atoms with van der Waals surface area (Å²) < 4.78 is 10.2. The molecule has 1 aromatic carbocycles. The molecular weight excluding hydrogens is 426 g/mol. The Bertz CT molecular complexity index is 998. The maximum atomic E-state index is 13.5. The van der Waals surface area contributed by atoms with Crippen LogP contribution in [0.3, 0.4) is 0 Å². The lowest BCUT2D eigenvalue weighted by molar-refractivity contribution is -0.147. The first-order chi connectivity index (χ1) is 15.9. The molecule has 0 bridgehead atoms. The van der Waals surface area contributed by atoms with Crippen LogP contribution in [-0.2, 0) is 29.3 Å². The highest BCUT2D eigenvalue weighted by molar-refractivity contribution is 6.10. The number of pyridine rings is 1. The van der Waals surface area contributed by atoms with Crippen molar-refractivity contribution in [3.05, 3.63) is 60.4 Å². The maximum Gasteiger partial charge on any atom is 0.325 e. The van der Waals surface area contributed by atoms with E-state index in [2.05, 4.69) is 9.72 Å². The minimum absolute atomic E-state index is 0.114. The fourth-order valence-corrected chi connectivity index (χ4v) is 3.83. The summed E-state index contributed by atoms with van der Waals surface area (Å²) in [6, 6.07) is 12.4. The summed E-state index contributed by atoms with van der Waals surface area (Å²) in [5.41, 5.74) is -0.721. The van der Waals surface area contributed by atoms with Gasteiger partial charge in [-0.05, 0) is 24.1 Å². The summed E-state index contributed by atoms with van der Waals surface area (Å²) in [6.07, 6.45) is 3.33. The van der Waals surface area contributed by atoms with E-state index in [0.29, 0.717) is 24.3 Å². The molecule has 1 aliphatic heterocycles. The Morgan fingerprint density at radius 3 is 2.58 bits per heavy atom. The fraction of sp³-hybridized carbons (Fsp3) is 0.375. The van der Waals surface area contributed by atoms with Crippen LogP contribution >= 0.6 is 0 Å². The molecule has 0 spiro atoms. The second kappa shape index (κ2) is 10.7. The van der Waals surface area contributed by atoms with Gasteiger partial charge in [0.05, 0.1) is 25.3 Å². The summed E-state index contributed by atoms with van der Waals surface area (Å²) in [5, 5.41) is 0. The number of likely N-dealkylation sites (N-methyl/N-ethyl adjacent to an activating group) is 1. The number of hydrogen-bond donors (Lipinski definition) is 0. The van der Waals surface area contributed by atoms with Crippen LogP contribution in [0.25, 0.3) is 0 Å². The second-order valence-electron chi connectivity index (χ2n) is 7.87. The van der Waals surface area contributed by atoms with Gasteiger partial charge in [-0.15, -0.1) is 0 Å². The summed E-state index contributed by atoms with van der Waals surface area (Å²) in [6.45, 7) is 0.248. The standard InChI is InChI=1S/C24H27N3O6/c1-26(17-22(30)32-2)20(28)14-24(18-8-4-3-5-9-18)15-21(29)27(23(24)31)12-7-13-33-19-10-6-11-25-16-19/h3-6,8-11,16H,7,12-15,17H2,1-2H3/t24-/m0/s1. The number of aromatic nitrogens is 1. The largest absolute Gasteiger partial charge is 0.492 e. The Balaban J connectivity index is 1.73. The van der Waals surface area contributed by atoms with E-state index < -0.39 is 23.2 Å². The summed E-state index contributed by atoms with van der Waals surface area (Å²) in [7, 11) is 2.70. The van der Waals surface area contributed by atoms with Crippen LogP contribution in [-0.4, -0.2) is 72.3 Å². The minimum atomic E-state index is -1.32. The van der Waals surface area contributed by atoms with Crippen molar-refractivity contribution >= 4 is 23.7 Å². The smallest absolute Gasteiger partial charge is 0.325 e. The minimum Gasteiger partial charge on any atom is -0.492 e. The molecule has 1 aliphatic rings. The molecule has 3 rings (SSSR count). The quantitative estimate of drug-likeness (QED) is 0.305. The van der Waals surface area contributed by atoms with Crippen LogP contribution in [0.2, 0.25) is 0 Å². The molecule has 0 unspecified atom stereocenters. The van der Waals surface area contributed by atoms with Crippen molar-refractivity contribution < 1.29 is 28.7 Å². The monoisotopic (exact) mass is 453 g/mol. The Morgan fingerprint density at radius 2 is 1.91 bits per heavy atom. The molecule has 9 heteroatoms. The lowest BCUT2D eigenvalue weighted by atomic mass is 9.75. The van der Waals surface area contributed by atoms with Gasteiger partial charge in [0.25, 0.3) is 0 Å². The van der Waals surface area contributed by atoms with E-state index in [4.69, 9.17) is 4.74 Å². The van der Waals surface area contributed by atoms with Gasteiger partial charge in [-0.1, -0.05) is 30.3 Å². The molecule has 0 saturated carbocycles. The zero-order valence-corrected chi connectivity index (χ0v) is 18.7. The number of ether oxygens (including phenoxy) is 2. The molecule has 1 fully saturated rings. The molecule has 1 saturated heterocycles. The fourth-order valence-electron chi connectivity index (χ4n) is 3.83. The highest BCUT2D eigenvalue weighted by Crippen LogP contribution is 2.40. The Morgan fingerprint density at radius 1 is 1.15 bits per heavy atom. The third-order valence-corrected chi connectivity index (χ3v) is 5.64. The number of methoxy groups -OCH3 is 1. The van der Waals surface area contributed by atoms with E-state index in [1.54, 1.807) is 54.9 Å². The molecule has 174 valence electrons. The van der Waals surface area contributed by atoms with Gasteiger partial charge in [0.2, 0.25) is 17.7 Å². The van der Waals surface area contributed by atoms with Crippen molar-refractivity contribution in [1.82, 2.24) is 14.8 Å². The zero-order chi connectivity index (χ0) is 23.8. The molecular formula is C24H27N3O6. The number of hydrogen-bond acceptors (Lipinski definition) is 7.